The van der Waals surface area contributed by atoms with Crippen molar-refractivity contribution in [2.45, 2.75) is 156 Å². The molecule has 0 saturated carbocycles. The van der Waals surface area contributed by atoms with Crippen LogP contribution >= 0.6 is 0 Å². The zero-order chi connectivity index (χ0) is 21.5. The summed E-state index contributed by atoms with van der Waals surface area (Å²) in [5, 5.41) is 0. The first-order valence-electron chi connectivity index (χ1n) is 14.1. The van der Waals surface area contributed by atoms with E-state index in [0.29, 0.717) is 0 Å². The van der Waals surface area contributed by atoms with Gasteiger partial charge in [0.25, 0.3) is 0 Å². The van der Waals surface area contributed by atoms with Gasteiger partial charge in [-0.3, -0.25) is 0 Å². The second-order valence-corrected chi connectivity index (χ2v) is 9.79. The molecule has 0 saturated heterocycles. The lowest BCUT2D eigenvalue weighted by Gasteiger charge is -2.37. The van der Waals surface area contributed by atoms with Gasteiger partial charge in [0.2, 0.25) is 0 Å². The molecule has 0 aromatic carbocycles. The van der Waals surface area contributed by atoms with E-state index in [4.69, 9.17) is 0 Å². The fourth-order valence-corrected chi connectivity index (χ4v) is 4.84. The van der Waals surface area contributed by atoms with Crippen molar-refractivity contribution in [1.29, 1.82) is 0 Å². The van der Waals surface area contributed by atoms with Gasteiger partial charge in [-0.1, -0.05) is 117 Å². The van der Waals surface area contributed by atoms with E-state index in [1.165, 1.54) is 159 Å². The Bertz CT molecular complexity index is 275. The summed E-state index contributed by atoms with van der Waals surface area (Å²) in [4.78, 5) is 0. The molecule has 0 aliphatic rings. The Hall–Kier alpha value is -0.0800. The van der Waals surface area contributed by atoms with Crippen LogP contribution in [0.2, 0.25) is 0 Å². The van der Waals surface area contributed by atoms with Crippen LogP contribution in [0.15, 0.2) is 0 Å². The lowest BCUT2D eigenvalue weighted by atomic mass is 10.1. The summed E-state index contributed by atoms with van der Waals surface area (Å²) in [7, 11) is 0. The lowest BCUT2D eigenvalue weighted by Crippen LogP contribution is -2.49. The van der Waals surface area contributed by atoms with Gasteiger partial charge in [-0.05, 0) is 39.5 Å². The lowest BCUT2D eigenvalue weighted by molar-refractivity contribution is -0.925. The standard InChI is InChI=1S/C28H60N.H2O/c1-5-9-11-13-15-17-19-21-23-25-27-29(7-3,8-4)28-26-24-22-20-18-16-14-12-10-6-2;/h5-28H2,1-4H3;1H2/q+1;/p-1. The summed E-state index contributed by atoms with van der Waals surface area (Å²) in [5.74, 6) is 0. The minimum Gasteiger partial charge on any atom is -0.870 e. The number of quaternary nitrogens is 1. The van der Waals surface area contributed by atoms with E-state index in [1.54, 1.807) is 0 Å². The monoisotopic (exact) mass is 427 g/mol. The van der Waals surface area contributed by atoms with E-state index in [-0.39, 0.29) is 5.48 Å². The summed E-state index contributed by atoms with van der Waals surface area (Å²) in [6.07, 6.45) is 29.1. The zero-order valence-electron chi connectivity index (χ0n) is 21.9. The Morgan fingerprint density at radius 1 is 0.333 bits per heavy atom. The van der Waals surface area contributed by atoms with Gasteiger partial charge in [0.15, 0.2) is 0 Å². The van der Waals surface area contributed by atoms with Gasteiger partial charge in [-0.2, -0.15) is 0 Å². The van der Waals surface area contributed by atoms with Crippen LogP contribution in [0.4, 0.5) is 0 Å². The van der Waals surface area contributed by atoms with Gasteiger partial charge < -0.3 is 9.96 Å². The van der Waals surface area contributed by atoms with Gasteiger partial charge >= 0.3 is 0 Å². The van der Waals surface area contributed by atoms with E-state index in [0.717, 1.165) is 0 Å². The highest BCUT2D eigenvalue weighted by Crippen LogP contribution is 2.16. The molecule has 0 atom stereocenters. The Balaban J connectivity index is 0. The molecule has 0 bridgehead atoms. The van der Waals surface area contributed by atoms with Crippen LogP contribution in [-0.4, -0.2) is 36.1 Å². The fourth-order valence-electron chi connectivity index (χ4n) is 4.84. The van der Waals surface area contributed by atoms with E-state index >= 15 is 0 Å². The molecule has 0 radical (unpaired) electrons. The molecule has 0 spiro atoms. The Labute approximate surface area is 192 Å². The number of rotatable bonds is 24. The van der Waals surface area contributed by atoms with Crippen LogP contribution < -0.4 is 0 Å². The largest absolute Gasteiger partial charge is 0.870 e. The van der Waals surface area contributed by atoms with Crippen LogP contribution in [-0.2, 0) is 0 Å². The number of nitrogens with zero attached hydrogens (tertiary/aromatic N) is 1. The Kier molecular flexibility index (Phi) is 26.9. The van der Waals surface area contributed by atoms with Crippen LogP contribution in [0.5, 0.6) is 0 Å². The second kappa shape index (κ2) is 25.2. The molecular weight excluding hydrogens is 366 g/mol. The molecule has 0 rings (SSSR count). The normalized spacial score (nSPS) is 11.6. The molecule has 184 valence electrons. The van der Waals surface area contributed by atoms with Crippen LogP contribution in [0, 0.1) is 0 Å². The van der Waals surface area contributed by atoms with Crippen molar-refractivity contribution in [1.82, 2.24) is 0 Å². The summed E-state index contributed by atoms with van der Waals surface area (Å²) in [5.41, 5.74) is 0. The van der Waals surface area contributed by atoms with Crippen molar-refractivity contribution in [3.05, 3.63) is 0 Å². The van der Waals surface area contributed by atoms with Gasteiger partial charge in [-0.15, -0.1) is 0 Å². The van der Waals surface area contributed by atoms with Crippen LogP contribution in [0.25, 0.3) is 0 Å². The third-order valence-corrected chi connectivity index (χ3v) is 7.31. The molecule has 2 heteroatoms. The highest BCUT2D eigenvalue weighted by atomic mass is 16.0. The molecule has 0 aliphatic carbocycles. The molecular formula is C28H61NO. The highest BCUT2D eigenvalue weighted by molar-refractivity contribution is 4.51. The van der Waals surface area contributed by atoms with Crippen LogP contribution in [0.1, 0.15) is 156 Å². The smallest absolute Gasteiger partial charge is 0.0786 e. The van der Waals surface area contributed by atoms with Crippen molar-refractivity contribution in [3.63, 3.8) is 0 Å². The van der Waals surface area contributed by atoms with Crippen molar-refractivity contribution in [3.8, 4) is 0 Å². The average molecular weight is 428 g/mol. The SMILES string of the molecule is CCCCCCCCCCCC[N+](CC)(CC)CCCCCCCCCCCC.[OH-]. The Morgan fingerprint density at radius 3 is 0.800 bits per heavy atom. The summed E-state index contributed by atoms with van der Waals surface area (Å²) < 4.78 is 1.38. The molecule has 0 aliphatic heterocycles. The second-order valence-electron chi connectivity index (χ2n) is 9.79. The van der Waals surface area contributed by atoms with Crippen molar-refractivity contribution in [2.75, 3.05) is 26.2 Å². The third-order valence-electron chi connectivity index (χ3n) is 7.31. The molecule has 0 heterocycles. The highest BCUT2D eigenvalue weighted by Gasteiger charge is 2.21. The van der Waals surface area contributed by atoms with Crippen molar-refractivity contribution >= 4 is 0 Å². The number of hydrogen-bond donors (Lipinski definition) is 0. The molecule has 30 heavy (non-hydrogen) atoms. The predicted molar refractivity (Wildman–Crippen MR) is 137 cm³/mol. The van der Waals surface area contributed by atoms with Crippen molar-refractivity contribution < 1.29 is 9.96 Å². The van der Waals surface area contributed by atoms with Crippen LogP contribution in [0.3, 0.4) is 0 Å². The number of unbranched alkanes of at least 4 members (excludes halogenated alkanes) is 18. The molecule has 0 amide bonds. The van der Waals surface area contributed by atoms with E-state index in [1.807, 2.05) is 0 Å². The first kappa shape index (κ1) is 32.1. The summed E-state index contributed by atoms with van der Waals surface area (Å²) in [6.45, 7) is 15.0. The topological polar surface area (TPSA) is 30.0 Å². The van der Waals surface area contributed by atoms with E-state index < -0.39 is 0 Å². The molecule has 1 N–H and O–H groups in total. The number of hydrogen-bond acceptors (Lipinski definition) is 1. The van der Waals surface area contributed by atoms with Gasteiger partial charge in [0, 0.05) is 0 Å². The zero-order valence-corrected chi connectivity index (χ0v) is 21.9. The van der Waals surface area contributed by atoms with Gasteiger partial charge in [0.1, 0.15) is 0 Å². The molecule has 0 unspecified atom stereocenters. The molecule has 2 nitrogen and oxygen atoms in total. The first-order valence-corrected chi connectivity index (χ1v) is 14.1. The summed E-state index contributed by atoms with van der Waals surface area (Å²) in [6, 6.07) is 0. The Morgan fingerprint density at radius 2 is 0.567 bits per heavy atom. The average Bonchev–Trinajstić information content (AvgIpc) is 2.75. The third kappa shape index (κ3) is 19.9. The van der Waals surface area contributed by atoms with Gasteiger partial charge in [-0.25, -0.2) is 0 Å². The summed E-state index contributed by atoms with van der Waals surface area (Å²) >= 11 is 0. The maximum Gasteiger partial charge on any atom is 0.0786 e. The first-order chi connectivity index (χ1) is 14.2. The molecule has 0 aromatic heterocycles. The predicted octanol–water partition coefficient (Wildman–Crippen LogP) is 9.51. The maximum atomic E-state index is 2.43. The maximum absolute atomic E-state index is 2.43. The fraction of sp³-hybridized carbons (Fsp3) is 1.00. The minimum absolute atomic E-state index is 0. The van der Waals surface area contributed by atoms with Crippen molar-refractivity contribution in [2.24, 2.45) is 0 Å². The molecule has 0 fully saturated rings. The quantitative estimate of drug-likeness (QED) is 0.111. The minimum atomic E-state index is 0. The van der Waals surface area contributed by atoms with E-state index in [9.17, 15) is 0 Å². The molecule has 0 aromatic rings. The van der Waals surface area contributed by atoms with E-state index in [2.05, 4.69) is 27.7 Å². The van der Waals surface area contributed by atoms with Gasteiger partial charge in [0.05, 0.1) is 26.2 Å².